The summed E-state index contributed by atoms with van der Waals surface area (Å²) in [4.78, 5) is 12.0. The Bertz CT molecular complexity index is 659. The quantitative estimate of drug-likeness (QED) is 0.797. The third-order valence-corrected chi connectivity index (χ3v) is 3.22. The van der Waals surface area contributed by atoms with E-state index in [1.807, 2.05) is 24.3 Å². The molecular formula is C16H12ClNO2. The van der Waals surface area contributed by atoms with E-state index in [0.717, 1.165) is 5.56 Å². The molecule has 0 spiro atoms. The fraction of sp³-hybridized carbons (Fsp3) is 0.125. The number of carbonyl (C=O) groups is 1. The number of nitrogens with zero attached hydrogens (tertiary/aromatic N) is 1. The maximum absolute atomic E-state index is 12.0. The molecule has 0 aromatic heterocycles. The molecule has 2 rings (SSSR count). The molecule has 20 heavy (non-hydrogen) atoms. The number of nitriles is 1. The van der Waals surface area contributed by atoms with E-state index in [1.54, 1.807) is 37.3 Å². The number of halogens is 1. The molecule has 0 fully saturated rings. The summed E-state index contributed by atoms with van der Waals surface area (Å²) in [6.45, 7) is 1.77. The summed E-state index contributed by atoms with van der Waals surface area (Å²) in [6, 6.07) is 15.5. The highest BCUT2D eigenvalue weighted by atomic mass is 35.5. The van der Waals surface area contributed by atoms with Gasteiger partial charge in [-0.25, -0.2) is 4.79 Å². The van der Waals surface area contributed by atoms with Crippen LogP contribution in [0.3, 0.4) is 0 Å². The van der Waals surface area contributed by atoms with Gasteiger partial charge in [-0.1, -0.05) is 29.8 Å². The van der Waals surface area contributed by atoms with Crippen LogP contribution in [-0.4, -0.2) is 5.97 Å². The first-order valence-electron chi connectivity index (χ1n) is 6.07. The van der Waals surface area contributed by atoms with Crippen molar-refractivity contribution in [3.05, 3.63) is 70.2 Å². The first-order chi connectivity index (χ1) is 9.61. The van der Waals surface area contributed by atoms with E-state index in [2.05, 4.69) is 0 Å². The van der Waals surface area contributed by atoms with Crippen LogP contribution < -0.4 is 0 Å². The standard InChI is InChI=1S/C16H12ClNO2/c1-11(14-4-2-3-5-15(14)17)20-16(19)13-8-6-12(10-18)7-9-13/h2-9,11H,1H3/t11-/m0/s1. The average molecular weight is 286 g/mol. The van der Waals surface area contributed by atoms with Gasteiger partial charge in [0.1, 0.15) is 6.10 Å². The summed E-state index contributed by atoms with van der Waals surface area (Å²) in [7, 11) is 0. The molecule has 2 aromatic rings. The summed E-state index contributed by atoms with van der Waals surface area (Å²) in [5.41, 5.74) is 1.67. The Labute approximate surface area is 122 Å². The predicted molar refractivity (Wildman–Crippen MR) is 76.4 cm³/mol. The van der Waals surface area contributed by atoms with Crippen LogP contribution in [0.15, 0.2) is 48.5 Å². The van der Waals surface area contributed by atoms with Crippen molar-refractivity contribution in [2.45, 2.75) is 13.0 Å². The number of benzene rings is 2. The first kappa shape index (κ1) is 14.1. The number of ether oxygens (including phenoxy) is 1. The fourth-order valence-electron chi connectivity index (χ4n) is 1.78. The zero-order valence-corrected chi connectivity index (χ0v) is 11.6. The van der Waals surface area contributed by atoms with Gasteiger partial charge in [0.2, 0.25) is 0 Å². The minimum absolute atomic E-state index is 0.405. The molecule has 0 radical (unpaired) electrons. The van der Waals surface area contributed by atoms with Crippen molar-refractivity contribution in [1.82, 2.24) is 0 Å². The number of rotatable bonds is 3. The lowest BCUT2D eigenvalue weighted by molar-refractivity contribution is 0.0338. The summed E-state index contributed by atoms with van der Waals surface area (Å²) >= 11 is 6.06. The zero-order chi connectivity index (χ0) is 14.5. The number of esters is 1. The second-order valence-corrected chi connectivity index (χ2v) is 4.67. The SMILES string of the molecule is C[C@H](OC(=O)c1ccc(C#N)cc1)c1ccccc1Cl. The van der Waals surface area contributed by atoms with E-state index in [9.17, 15) is 4.79 Å². The third kappa shape index (κ3) is 3.17. The van der Waals surface area contributed by atoms with Crippen LogP contribution in [-0.2, 0) is 4.74 Å². The number of carbonyl (C=O) groups excluding carboxylic acids is 1. The van der Waals surface area contributed by atoms with Crippen molar-refractivity contribution in [1.29, 1.82) is 5.26 Å². The molecule has 0 aliphatic carbocycles. The number of hydrogen-bond donors (Lipinski definition) is 0. The average Bonchev–Trinajstić information content (AvgIpc) is 2.47. The monoisotopic (exact) mass is 285 g/mol. The minimum Gasteiger partial charge on any atom is -0.454 e. The van der Waals surface area contributed by atoms with Gasteiger partial charge in [0.15, 0.2) is 0 Å². The molecule has 0 amide bonds. The van der Waals surface area contributed by atoms with Gasteiger partial charge in [-0.3, -0.25) is 0 Å². The molecule has 4 heteroatoms. The molecule has 0 aliphatic heterocycles. The van der Waals surface area contributed by atoms with Crippen LogP contribution in [0.1, 0.15) is 34.5 Å². The Kier molecular flexibility index (Phi) is 4.39. The van der Waals surface area contributed by atoms with Gasteiger partial charge in [0, 0.05) is 10.6 Å². The Balaban J connectivity index is 2.11. The van der Waals surface area contributed by atoms with Gasteiger partial charge in [0.05, 0.1) is 17.2 Å². The molecular weight excluding hydrogens is 274 g/mol. The fourth-order valence-corrected chi connectivity index (χ4v) is 2.07. The van der Waals surface area contributed by atoms with Crippen LogP contribution >= 0.6 is 11.6 Å². The Morgan fingerprint density at radius 3 is 2.45 bits per heavy atom. The molecule has 0 bridgehead atoms. The third-order valence-electron chi connectivity index (χ3n) is 2.88. The summed E-state index contributed by atoms with van der Waals surface area (Å²) in [6.07, 6.45) is -0.438. The smallest absolute Gasteiger partial charge is 0.338 e. The summed E-state index contributed by atoms with van der Waals surface area (Å²) < 4.78 is 5.37. The van der Waals surface area contributed by atoms with Crippen LogP contribution in [0.4, 0.5) is 0 Å². The maximum Gasteiger partial charge on any atom is 0.338 e. The van der Waals surface area contributed by atoms with Gasteiger partial charge in [-0.15, -0.1) is 0 Å². The largest absolute Gasteiger partial charge is 0.454 e. The van der Waals surface area contributed by atoms with Crippen LogP contribution in [0.5, 0.6) is 0 Å². The minimum atomic E-state index is -0.443. The molecule has 0 saturated heterocycles. The van der Waals surface area contributed by atoms with E-state index in [-0.39, 0.29) is 0 Å². The van der Waals surface area contributed by atoms with Crippen LogP contribution in [0.25, 0.3) is 0 Å². The second kappa shape index (κ2) is 6.23. The topological polar surface area (TPSA) is 50.1 Å². The van der Waals surface area contributed by atoms with Crippen LogP contribution in [0, 0.1) is 11.3 Å². The van der Waals surface area contributed by atoms with Crippen molar-refractivity contribution in [2.75, 3.05) is 0 Å². The Morgan fingerprint density at radius 1 is 1.20 bits per heavy atom. The van der Waals surface area contributed by atoms with E-state index in [0.29, 0.717) is 16.1 Å². The zero-order valence-electron chi connectivity index (χ0n) is 10.8. The molecule has 0 unspecified atom stereocenters. The highest BCUT2D eigenvalue weighted by Crippen LogP contribution is 2.25. The molecule has 2 aromatic carbocycles. The van der Waals surface area contributed by atoms with Gasteiger partial charge in [0.25, 0.3) is 0 Å². The lowest BCUT2D eigenvalue weighted by Crippen LogP contribution is -2.09. The Hall–Kier alpha value is -2.31. The normalized spacial score (nSPS) is 11.4. The molecule has 0 heterocycles. The molecule has 3 nitrogen and oxygen atoms in total. The van der Waals surface area contributed by atoms with Gasteiger partial charge < -0.3 is 4.74 Å². The summed E-state index contributed by atoms with van der Waals surface area (Å²) in [5, 5.41) is 9.27. The lowest BCUT2D eigenvalue weighted by Gasteiger charge is -2.14. The highest BCUT2D eigenvalue weighted by Gasteiger charge is 2.15. The van der Waals surface area contributed by atoms with Gasteiger partial charge in [-0.2, -0.15) is 5.26 Å². The van der Waals surface area contributed by atoms with Crippen LogP contribution in [0.2, 0.25) is 5.02 Å². The maximum atomic E-state index is 12.0. The highest BCUT2D eigenvalue weighted by molar-refractivity contribution is 6.31. The molecule has 100 valence electrons. The predicted octanol–water partition coefficient (Wildman–Crippen LogP) is 4.13. The Morgan fingerprint density at radius 2 is 1.85 bits per heavy atom. The first-order valence-corrected chi connectivity index (χ1v) is 6.45. The van der Waals surface area contributed by atoms with Crippen molar-refractivity contribution in [2.24, 2.45) is 0 Å². The van der Waals surface area contributed by atoms with Crippen molar-refractivity contribution in [3.8, 4) is 6.07 Å². The van der Waals surface area contributed by atoms with E-state index in [4.69, 9.17) is 21.6 Å². The summed E-state index contributed by atoms with van der Waals surface area (Å²) in [5.74, 6) is -0.443. The van der Waals surface area contributed by atoms with E-state index < -0.39 is 12.1 Å². The van der Waals surface area contributed by atoms with Gasteiger partial charge >= 0.3 is 5.97 Å². The molecule has 0 aliphatic rings. The lowest BCUT2D eigenvalue weighted by atomic mass is 10.1. The molecule has 0 saturated carbocycles. The number of hydrogen-bond acceptors (Lipinski definition) is 3. The van der Waals surface area contributed by atoms with Crippen molar-refractivity contribution < 1.29 is 9.53 Å². The van der Waals surface area contributed by atoms with Gasteiger partial charge in [-0.05, 0) is 37.3 Å². The second-order valence-electron chi connectivity index (χ2n) is 4.26. The van der Waals surface area contributed by atoms with E-state index >= 15 is 0 Å². The molecule has 1 atom stereocenters. The van der Waals surface area contributed by atoms with Crippen molar-refractivity contribution >= 4 is 17.6 Å². The van der Waals surface area contributed by atoms with Crippen molar-refractivity contribution in [3.63, 3.8) is 0 Å². The molecule has 0 N–H and O–H groups in total. The van der Waals surface area contributed by atoms with E-state index in [1.165, 1.54) is 0 Å².